The van der Waals surface area contributed by atoms with Gasteiger partial charge >= 0.3 is 0 Å². The molecule has 0 fully saturated rings. The van der Waals surface area contributed by atoms with Crippen LogP contribution in [0.1, 0.15) is 21.1 Å². The molecule has 0 aliphatic heterocycles. The van der Waals surface area contributed by atoms with Gasteiger partial charge in [-0.1, -0.05) is 17.7 Å². The van der Waals surface area contributed by atoms with Gasteiger partial charge in [-0.2, -0.15) is 0 Å². The molecule has 0 radical (unpaired) electrons. The van der Waals surface area contributed by atoms with Gasteiger partial charge in [-0.3, -0.25) is 9.59 Å². The third-order valence-corrected chi connectivity index (χ3v) is 4.67. The van der Waals surface area contributed by atoms with Crippen LogP contribution >= 0.6 is 22.9 Å². The molecule has 1 heterocycles. The number of rotatable bonds is 7. The first kappa shape index (κ1) is 18.9. The molecule has 3 N–H and O–H groups in total. The van der Waals surface area contributed by atoms with Gasteiger partial charge in [-0.25, -0.2) is 4.98 Å². The van der Waals surface area contributed by atoms with Crippen molar-refractivity contribution in [2.45, 2.75) is 13.0 Å². The maximum Gasteiger partial charge on any atom is 0.248 e. The topological polar surface area (TPSA) is 94.3 Å². The summed E-state index contributed by atoms with van der Waals surface area (Å²) in [7, 11) is 0. The van der Waals surface area contributed by atoms with E-state index >= 15 is 0 Å². The number of benzene rings is 2. The van der Waals surface area contributed by atoms with Crippen LogP contribution in [0.15, 0.2) is 53.9 Å². The largest absolute Gasteiger partial charge is 0.486 e. The highest BCUT2D eigenvalue weighted by Crippen LogP contribution is 2.18. The summed E-state index contributed by atoms with van der Waals surface area (Å²) in [4.78, 5) is 27.8. The van der Waals surface area contributed by atoms with Gasteiger partial charge in [0, 0.05) is 21.7 Å². The van der Waals surface area contributed by atoms with Crippen LogP contribution in [0, 0.1) is 0 Å². The number of amides is 2. The van der Waals surface area contributed by atoms with Crippen molar-refractivity contribution in [2.75, 3.05) is 5.32 Å². The molecular weight excluding hydrogens is 386 g/mol. The maximum atomic E-state index is 12.2. The molecule has 2 aromatic carbocycles. The number of anilines is 1. The maximum absolute atomic E-state index is 12.2. The molecule has 8 heteroatoms. The number of nitrogens with one attached hydrogen (secondary N) is 1. The van der Waals surface area contributed by atoms with Crippen molar-refractivity contribution in [1.29, 1.82) is 0 Å². The third kappa shape index (κ3) is 5.54. The second kappa shape index (κ2) is 8.66. The molecule has 0 aliphatic rings. The Morgan fingerprint density at radius 2 is 1.96 bits per heavy atom. The number of aromatic nitrogens is 1. The Bertz CT molecular complexity index is 957. The van der Waals surface area contributed by atoms with Crippen LogP contribution in [-0.2, 0) is 17.8 Å². The van der Waals surface area contributed by atoms with Crippen LogP contribution < -0.4 is 15.8 Å². The average Bonchev–Trinajstić information content (AvgIpc) is 3.08. The van der Waals surface area contributed by atoms with Crippen molar-refractivity contribution in [3.05, 3.63) is 75.2 Å². The monoisotopic (exact) mass is 401 g/mol. The minimum atomic E-state index is -0.545. The minimum absolute atomic E-state index is 0.123. The average molecular weight is 402 g/mol. The smallest absolute Gasteiger partial charge is 0.248 e. The zero-order valence-corrected chi connectivity index (χ0v) is 15.7. The van der Waals surface area contributed by atoms with Gasteiger partial charge in [-0.05, 0) is 42.5 Å². The lowest BCUT2D eigenvalue weighted by Crippen LogP contribution is -2.16. The summed E-state index contributed by atoms with van der Waals surface area (Å²) in [5, 5.41) is 5.96. The molecule has 0 saturated heterocycles. The van der Waals surface area contributed by atoms with Gasteiger partial charge in [0.05, 0.1) is 12.1 Å². The second-order valence-corrected chi connectivity index (χ2v) is 7.02. The SMILES string of the molecule is NC(=O)c1cccc(NC(=O)Cc2csc(COc3ccc(Cl)cc3)n2)c1. The van der Waals surface area contributed by atoms with Gasteiger partial charge in [0.1, 0.15) is 17.4 Å². The molecule has 3 rings (SSSR count). The van der Waals surface area contributed by atoms with E-state index in [1.807, 2.05) is 5.38 Å². The normalized spacial score (nSPS) is 10.4. The molecule has 1 aromatic heterocycles. The first-order chi connectivity index (χ1) is 13.0. The first-order valence-electron chi connectivity index (χ1n) is 8.01. The number of carbonyl (C=O) groups is 2. The lowest BCUT2D eigenvalue weighted by atomic mass is 10.2. The fourth-order valence-electron chi connectivity index (χ4n) is 2.29. The predicted octanol–water partition coefficient (Wildman–Crippen LogP) is 3.66. The molecule has 0 unspecified atom stereocenters. The van der Waals surface area contributed by atoms with Gasteiger partial charge < -0.3 is 15.8 Å². The van der Waals surface area contributed by atoms with E-state index in [0.717, 1.165) is 5.01 Å². The van der Waals surface area contributed by atoms with Gasteiger partial charge in [0.2, 0.25) is 11.8 Å². The van der Waals surface area contributed by atoms with Crippen LogP contribution in [0.4, 0.5) is 5.69 Å². The van der Waals surface area contributed by atoms with E-state index in [1.54, 1.807) is 42.5 Å². The van der Waals surface area contributed by atoms with Crippen LogP contribution in [0.5, 0.6) is 5.75 Å². The number of hydrogen-bond acceptors (Lipinski definition) is 5. The second-order valence-electron chi connectivity index (χ2n) is 5.65. The number of nitrogens with zero attached hydrogens (tertiary/aromatic N) is 1. The van der Waals surface area contributed by atoms with Gasteiger partial charge in [-0.15, -0.1) is 11.3 Å². The molecule has 2 amide bonds. The van der Waals surface area contributed by atoms with Crippen molar-refractivity contribution in [3.8, 4) is 5.75 Å². The highest BCUT2D eigenvalue weighted by molar-refractivity contribution is 7.09. The Morgan fingerprint density at radius 3 is 2.70 bits per heavy atom. The quantitative estimate of drug-likeness (QED) is 0.631. The third-order valence-electron chi connectivity index (χ3n) is 3.55. The summed E-state index contributed by atoms with van der Waals surface area (Å²) in [6.45, 7) is 0.314. The minimum Gasteiger partial charge on any atom is -0.486 e. The van der Waals surface area contributed by atoms with E-state index < -0.39 is 5.91 Å². The number of hydrogen-bond donors (Lipinski definition) is 2. The van der Waals surface area contributed by atoms with E-state index in [2.05, 4.69) is 10.3 Å². The molecule has 0 atom stereocenters. The van der Waals surface area contributed by atoms with Crippen molar-refractivity contribution in [2.24, 2.45) is 5.73 Å². The Balaban J connectivity index is 1.53. The van der Waals surface area contributed by atoms with Crippen LogP contribution in [0.25, 0.3) is 0 Å². The van der Waals surface area contributed by atoms with E-state index in [4.69, 9.17) is 22.1 Å². The lowest BCUT2D eigenvalue weighted by molar-refractivity contribution is -0.115. The molecule has 0 spiro atoms. The number of nitrogens with two attached hydrogens (primary N) is 1. The summed E-state index contributed by atoms with van der Waals surface area (Å²) >= 11 is 7.26. The number of carbonyl (C=O) groups excluding carboxylic acids is 2. The van der Waals surface area contributed by atoms with E-state index in [-0.39, 0.29) is 12.3 Å². The lowest BCUT2D eigenvalue weighted by Gasteiger charge is -2.05. The van der Waals surface area contributed by atoms with Crippen molar-refractivity contribution in [3.63, 3.8) is 0 Å². The Kier molecular flexibility index (Phi) is 6.05. The highest BCUT2D eigenvalue weighted by atomic mass is 35.5. The molecule has 0 saturated carbocycles. The predicted molar refractivity (Wildman–Crippen MR) is 105 cm³/mol. The summed E-state index contributed by atoms with van der Waals surface area (Å²) < 4.78 is 5.64. The standard InChI is InChI=1S/C19H16ClN3O3S/c20-13-4-6-16(7-5-13)26-10-18-23-15(11-27-18)9-17(24)22-14-3-1-2-12(8-14)19(21)25/h1-8,11H,9-10H2,(H2,21,25)(H,22,24). The number of halogens is 1. The first-order valence-corrected chi connectivity index (χ1v) is 9.27. The molecule has 0 aliphatic carbocycles. The zero-order chi connectivity index (χ0) is 19.2. The Labute approximate surface area is 164 Å². The van der Waals surface area contributed by atoms with E-state index in [9.17, 15) is 9.59 Å². The molecule has 6 nitrogen and oxygen atoms in total. The van der Waals surface area contributed by atoms with Gasteiger partial charge in [0.15, 0.2) is 0 Å². The van der Waals surface area contributed by atoms with E-state index in [0.29, 0.717) is 34.3 Å². The number of primary amides is 1. The summed E-state index contributed by atoms with van der Waals surface area (Å²) in [5.41, 5.74) is 6.74. The summed E-state index contributed by atoms with van der Waals surface area (Å²) in [6.07, 6.45) is 0.123. The highest BCUT2D eigenvalue weighted by Gasteiger charge is 2.10. The zero-order valence-electron chi connectivity index (χ0n) is 14.1. The Hall–Kier alpha value is -2.90. The van der Waals surface area contributed by atoms with Gasteiger partial charge in [0.25, 0.3) is 0 Å². The fourth-order valence-corrected chi connectivity index (χ4v) is 3.12. The Morgan fingerprint density at radius 1 is 1.19 bits per heavy atom. The van der Waals surface area contributed by atoms with Crippen LogP contribution in [0.3, 0.4) is 0 Å². The number of thiazole rings is 1. The molecule has 3 aromatic rings. The molecule has 27 heavy (non-hydrogen) atoms. The van der Waals surface area contributed by atoms with Crippen molar-refractivity contribution < 1.29 is 14.3 Å². The fraction of sp³-hybridized carbons (Fsp3) is 0.105. The van der Waals surface area contributed by atoms with Crippen molar-refractivity contribution in [1.82, 2.24) is 4.98 Å². The molecule has 0 bridgehead atoms. The summed E-state index contributed by atoms with van der Waals surface area (Å²) in [5.74, 6) is -0.0776. The van der Waals surface area contributed by atoms with Crippen LogP contribution in [0.2, 0.25) is 5.02 Å². The molecule has 138 valence electrons. The number of ether oxygens (including phenoxy) is 1. The molecular formula is C19H16ClN3O3S. The van der Waals surface area contributed by atoms with Crippen LogP contribution in [-0.4, -0.2) is 16.8 Å². The van der Waals surface area contributed by atoms with Crippen molar-refractivity contribution >= 4 is 40.4 Å². The summed E-state index contributed by atoms with van der Waals surface area (Å²) in [6, 6.07) is 13.5. The van der Waals surface area contributed by atoms with E-state index in [1.165, 1.54) is 17.4 Å².